The van der Waals surface area contributed by atoms with Crippen LogP contribution in [0, 0.1) is 5.92 Å². The first kappa shape index (κ1) is 23.0. The lowest BCUT2D eigenvalue weighted by molar-refractivity contribution is 0.122. The van der Waals surface area contributed by atoms with Crippen molar-refractivity contribution in [2.75, 3.05) is 74.6 Å². The molecule has 4 heterocycles. The van der Waals surface area contributed by atoms with Crippen molar-refractivity contribution < 1.29 is 4.74 Å². The quantitative estimate of drug-likeness (QED) is 0.324. The first-order valence-electron chi connectivity index (χ1n) is 12.0. The third-order valence-corrected chi connectivity index (χ3v) is 7.39. The van der Waals surface area contributed by atoms with Crippen molar-refractivity contribution >= 4 is 39.0 Å². The van der Waals surface area contributed by atoms with Crippen molar-refractivity contribution in [3.05, 3.63) is 28.6 Å². The number of benzene rings is 1. The highest BCUT2D eigenvalue weighted by atomic mass is 32.1. The normalized spacial score (nSPS) is 18.9. The van der Waals surface area contributed by atoms with E-state index >= 15 is 0 Å². The van der Waals surface area contributed by atoms with Crippen LogP contribution in [0.15, 0.2) is 23.0 Å². The molecule has 2 fully saturated rings. The molecule has 0 spiro atoms. The van der Waals surface area contributed by atoms with Gasteiger partial charge in [0.1, 0.15) is 16.4 Å². The molecule has 5 rings (SSSR count). The van der Waals surface area contributed by atoms with Gasteiger partial charge in [-0.2, -0.15) is 4.98 Å². The number of morpholine rings is 1. The predicted octanol–water partition coefficient (Wildman–Crippen LogP) is 1.67. The van der Waals surface area contributed by atoms with E-state index in [-0.39, 0.29) is 5.56 Å². The molecule has 0 radical (unpaired) electrons. The lowest BCUT2D eigenvalue weighted by Crippen LogP contribution is -2.38. The van der Waals surface area contributed by atoms with Gasteiger partial charge in [0, 0.05) is 32.7 Å². The molecule has 0 amide bonds. The molecule has 0 unspecified atom stereocenters. The van der Waals surface area contributed by atoms with Crippen LogP contribution in [0.4, 0.5) is 17.5 Å². The number of piperidine rings is 1. The minimum absolute atomic E-state index is 0.184. The Bertz CT molecular complexity index is 1170. The number of anilines is 3. The van der Waals surface area contributed by atoms with Crippen LogP contribution in [0.1, 0.15) is 12.8 Å². The second kappa shape index (κ2) is 10.7. The number of nitrogens with one attached hydrogen (secondary N) is 4. The number of rotatable bonds is 8. The average molecular weight is 485 g/mol. The van der Waals surface area contributed by atoms with E-state index in [2.05, 4.69) is 25.8 Å². The van der Waals surface area contributed by atoms with Gasteiger partial charge in [0.25, 0.3) is 5.56 Å². The van der Waals surface area contributed by atoms with Crippen molar-refractivity contribution in [1.29, 1.82) is 0 Å². The second-order valence-corrected chi connectivity index (χ2v) is 9.69. The fraction of sp³-hybridized carbons (Fsp3) is 0.522. The maximum Gasteiger partial charge on any atom is 0.264 e. The standard InChI is InChI=1S/C23H32N8O2S/c24-6-8-26-16-4-1-5-17-19(16)34-22(28-17)18-20(27-14-15-3-2-7-25-13-15)29-23(30-21(18)32)31-9-11-33-12-10-31/h1,4-5,15,25-26H,2-3,6-14,24H2,(H2,27,29,30,32)/t15-/m1/s1. The number of aromatic amines is 1. The summed E-state index contributed by atoms with van der Waals surface area (Å²) >= 11 is 1.50. The Morgan fingerprint density at radius 1 is 1.24 bits per heavy atom. The molecule has 2 aliphatic rings. The molecule has 3 aromatic rings. The van der Waals surface area contributed by atoms with Gasteiger partial charge < -0.3 is 31.3 Å². The number of hydrogen-bond donors (Lipinski definition) is 5. The molecule has 11 heteroatoms. The summed E-state index contributed by atoms with van der Waals surface area (Å²) in [6.45, 7) is 6.66. The summed E-state index contributed by atoms with van der Waals surface area (Å²) in [5, 5.41) is 11.0. The summed E-state index contributed by atoms with van der Waals surface area (Å²) in [6, 6.07) is 5.94. The van der Waals surface area contributed by atoms with Gasteiger partial charge in [-0.25, -0.2) is 4.98 Å². The van der Waals surface area contributed by atoms with Gasteiger partial charge >= 0.3 is 0 Å². The lowest BCUT2D eigenvalue weighted by Gasteiger charge is -2.28. The largest absolute Gasteiger partial charge is 0.383 e. The molecule has 10 nitrogen and oxygen atoms in total. The topological polar surface area (TPSA) is 133 Å². The molecule has 2 saturated heterocycles. The third kappa shape index (κ3) is 5.02. The average Bonchev–Trinajstić information content (AvgIpc) is 3.31. The van der Waals surface area contributed by atoms with Crippen molar-refractivity contribution in [3.8, 4) is 10.6 Å². The van der Waals surface area contributed by atoms with E-state index in [0.717, 1.165) is 48.4 Å². The maximum absolute atomic E-state index is 13.4. The second-order valence-electron chi connectivity index (χ2n) is 8.69. The van der Waals surface area contributed by atoms with Crippen molar-refractivity contribution in [2.45, 2.75) is 12.8 Å². The smallest absolute Gasteiger partial charge is 0.264 e. The van der Waals surface area contributed by atoms with E-state index in [1.165, 1.54) is 11.3 Å². The molecule has 182 valence electrons. The highest BCUT2D eigenvalue weighted by molar-refractivity contribution is 7.22. The fourth-order valence-electron chi connectivity index (χ4n) is 4.45. The van der Waals surface area contributed by atoms with E-state index < -0.39 is 0 Å². The lowest BCUT2D eigenvalue weighted by atomic mass is 10.00. The van der Waals surface area contributed by atoms with Crippen LogP contribution in [-0.4, -0.2) is 74.0 Å². The minimum Gasteiger partial charge on any atom is -0.383 e. The number of thiazole rings is 1. The molecule has 34 heavy (non-hydrogen) atoms. The number of ether oxygens (including phenoxy) is 1. The van der Waals surface area contributed by atoms with Crippen molar-refractivity contribution in [1.82, 2.24) is 20.3 Å². The van der Waals surface area contributed by atoms with Gasteiger partial charge in [0.05, 0.1) is 29.1 Å². The zero-order valence-electron chi connectivity index (χ0n) is 19.2. The van der Waals surface area contributed by atoms with E-state index in [1.807, 2.05) is 18.2 Å². The van der Waals surface area contributed by atoms with E-state index in [9.17, 15) is 4.79 Å². The molecule has 0 aliphatic carbocycles. The molecule has 6 N–H and O–H groups in total. The summed E-state index contributed by atoms with van der Waals surface area (Å²) < 4.78 is 6.47. The summed E-state index contributed by atoms with van der Waals surface area (Å²) in [4.78, 5) is 28.2. The van der Waals surface area contributed by atoms with Crippen LogP contribution >= 0.6 is 11.3 Å². The van der Waals surface area contributed by atoms with Crippen molar-refractivity contribution in [2.24, 2.45) is 11.7 Å². The molecule has 2 aliphatic heterocycles. The monoisotopic (exact) mass is 484 g/mol. The van der Waals surface area contributed by atoms with Crippen LogP contribution < -0.4 is 32.1 Å². The Balaban J connectivity index is 1.52. The van der Waals surface area contributed by atoms with Crippen LogP contribution in [0.2, 0.25) is 0 Å². The predicted molar refractivity (Wildman–Crippen MR) is 138 cm³/mol. The maximum atomic E-state index is 13.4. The molecule has 1 aromatic carbocycles. The highest BCUT2D eigenvalue weighted by Crippen LogP contribution is 2.36. The first-order chi connectivity index (χ1) is 16.7. The van der Waals surface area contributed by atoms with Gasteiger partial charge in [-0.05, 0) is 44.0 Å². The van der Waals surface area contributed by atoms with Crippen LogP contribution in [0.3, 0.4) is 0 Å². The van der Waals surface area contributed by atoms with Crippen LogP contribution in [0.5, 0.6) is 0 Å². The molecule has 0 bridgehead atoms. The minimum atomic E-state index is -0.184. The first-order valence-corrected chi connectivity index (χ1v) is 12.8. The zero-order valence-corrected chi connectivity index (χ0v) is 20.0. The number of hydrogen-bond acceptors (Lipinski definition) is 10. The summed E-state index contributed by atoms with van der Waals surface area (Å²) in [5.74, 6) is 1.66. The third-order valence-electron chi connectivity index (χ3n) is 6.26. The molecule has 1 atom stereocenters. The van der Waals surface area contributed by atoms with E-state index in [1.54, 1.807) is 0 Å². The number of fused-ring (bicyclic) bond motifs is 1. The van der Waals surface area contributed by atoms with Gasteiger partial charge in [-0.3, -0.25) is 9.78 Å². The van der Waals surface area contributed by atoms with E-state index in [4.69, 9.17) is 20.4 Å². The molecular formula is C23H32N8O2S. The Morgan fingerprint density at radius 3 is 2.91 bits per heavy atom. The highest BCUT2D eigenvalue weighted by Gasteiger charge is 2.23. The van der Waals surface area contributed by atoms with Gasteiger partial charge in [0.2, 0.25) is 5.95 Å². The summed E-state index contributed by atoms with van der Waals surface area (Å²) in [7, 11) is 0. The van der Waals surface area contributed by atoms with Gasteiger partial charge in [-0.1, -0.05) is 6.07 Å². The van der Waals surface area contributed by atoms with Gasteiger partial charge in [0.15, 0.2) is 0 Å². The summed E-state index contributed by atoms with van der Waals surface area (Å²) in [6.07, 6.45) is 2.32. The van der Waals surface area contributed by atoms with Gasteiger partial charge in [-0.15, -0.1) is 11.3 Å². The number of H-pyrrole nitrogens is 1. The Hall–Kier alpha value is -2.73. The Morgan fingerprint density at radius 2 is 2.12 bits per heavy atom. The van der Waals surface area contributed by atoms with Crippen molar-refractivity contribution in [3.63, 3.8) is 0 Å². The van der Waals surface area contributed by atoms with E-state index in [0.29, 0.717) is 67.6 Å². The summed E-state index contributed by atoms with van der Waals surface area (Å²) in [5.41, 5.74) is 7.81. The number of nitrogens with zero attached hydrogens (tertiary/aromatic N) is 3. The fourth-order valence-corrected chi connectivity index (χ4v) is 5.55. The molecular weight excluding hydrogens is 452 g/mol. The zero-order chi connectivity index (χ0) is 23.3. The number of aromatic nitrogens is 3. The molecule has 0 saturated carbocycles. The Labute approximate surface area is 202 Å². The van der Waals surface area contributed by atoms with Crippen LogP contribution in [-0.2, 0) is 4.74 Å². The SMILES string of the molecule is NCCNc1cccc2nc(-c3c(NC[C@@H]4CCCNC4)nc(N4CCOCC4)[nH]c3=O)sc12. The number of nitrogens with two attached hydrogens (primary N) is 1. The van der Waals surface area contributed by atoms with Crippen LogP contribution in [0.25, 0.3) is 20.8 Å². The Kier molecular flexibility index (Phi) is 7.24. The molecule has 2 aromatic heterocycles.